The van der Waals surface area contributed by atoms with Crippen molar-refractivity contribution < 1.29 is 9.53 Å². The van der Waals surface area contributed by atoms with Gasteiger partial charge in [0.05, 0.1) is 11.0 Å². The number of carbonyl (C=O) groups is 1. The smallest absolute Gasteiger partial charge is 0.263 e. The van der Waals surface area contributed by atoms with Gasteiger partial charge in [0.25, 0.3) is 5.91 Å². The van der Waals surface area contributed by atoms with Crippen LogP contribution >= 0.6 is 11.3 Å². The number of aryl methyl sites for hydroxylation is 2. The molecule has 0 radical (unpaired) electrons. The van der Waals surface area contributed by atoms with Crippen LogP contribution in [0.15, 0.2) is 6.07 Å². The molecule has 1 amide bonds. The Morgan fingerprint density at radius 2 is 2.39 bits per heavy atom. The summed E-state index contributed by atoms with van der Waals surface area (Å²) in [5.74, 6) is 0.123. The minimum Gasteiger partial charge on any atom is -0.376 e. The summed E-state index contributed by atoms with van der Waals surface area (Å²) < 4.78 is 5.57. The van der Waals surface area contributed by atoms with Crippen molar-refractivity contribution in [1.82, 2.24) is 4.90 Å². The van der Waals surface area contributed by atoms with E-state index in [9.17, 15) is 4.79 Å². The van der Waals surface area contributed by atoms with Crippen LogP contribution in [0, 0.1) is 6.92 Å². The van der Waals surface area contributed by atoms with Gasteiger partial charge in [0.1, 0.15) is 0 Å². The van der Waals surface area contributed by atoms with Crippen LogP contribution in [0.1, 0.15) is 39.9 Å². The lowest BCUT2D eigenvalue weighted by atomic mass is 10.2. The summed E-state index contributed by atoms with van der Waals surface area (Å²) >= 11 is 1.60. The summed E-state index contributed by atoms with van der Waals surface area (Å²) in [4.78, 5) is 16.2. The van der Waals surface area contributed by atoms with Crippen molar-refractivity contribution in [1.29, 1.82) is 0 Å². The van der Waals surface area contributed by atoms with E-state index in [4.69, 9.17) is 4.74 Å². The Balaban J connectivity index is 2.00. The number of ether oxygens (including phenoxy) is 1. The highest BCUT2D eigenvalue weighted by Crippen LogP contribution is 2.23. The molecule has 2 rings (SSSR count). The van der Waals surface area contributed by atoms with E-state index in [2.05, 4.69) is 13.8 Å². The number of amides is 1. The van der Waals surface area contributed by atoms with Gasteiger partial charge in [-0.3, -0.25) is 4.79 Å². The molecule has 1 unspecified atom stereocenters. The Morgan fingerprint density at radius 3 is 2.94 bits per heavy atom. The van der Waals surface area contributed by atoms with Crippen LogP contribution in [0.4, 0.5) is 0 Å². The SMILES string of the molecule is CCc1cc(C(=O)N(C)CC2CCCO2)sc1C. The van der Waals surface area contributed by atoms with Gasteiger partial charge in [0.2, 0.25) is 0 Å². The van der Waals surface area contributed by atoms with Gasteiger partial charge in [0.15, 0.2) is 0 Å². The predicted octanol–water partition coefficient (Wildman–Crippen LogP) is 2.87. The third-order valence-electron chi connectivity index (χ3n) is 3.46. The zero-order valence-electron chi connectivity index (χ0n) is 11.4. The van der Waals surface area contributed by atoms with E-state index in [0.717, 1.165) is 30.7 Å². The fraction of sp³-hybridized carbons (Fsp3) is 0.643. The topological polar surface area (TPSA) is 29.5 Å². The van der Waals surface area contributed by atoms with Crippen molar-refractivity contribution >= 4 is 17.2 Å². The molecule has 100 valence electrons. The van der Waals surface area contributed by atoms with Crippen LogP contribution in [0.3, 0.4) is 0 Å². The van der Waals surface area contributed by atoms with Crippen LogP contribution in [0.5, 0.6) is 0 Å². The maximum atomic E-state index is 12.3. The zero-order chi connectivity index (χ0) is 13.1. The lowest BCUT2D eigenvalue weighted by Crippen LogP contribution is -2.33. The van der Waals surface area contributed by atoms with E-state index < -0.39 is 0 Å². The molecule has 1 fully saturated rings. The molecule has 0 saturated carbocycles. The monoisotopic (exact) mass is 267 g/mol. The number of carbonyl (C=O) groups excluding carboxylic acids is 1. The first kappa shape index (κ1) is 13.6. The Kier molecular flexibility index (Phi) is 4.40. The van der Waals surface area contributed by atoms with Crippen molar-refractivity contribution in [3.05, 3.63) is 21.4 Å². The van der Waals surface area contributed by atoms with Crippen LogP contribution in [0.2, 0.25) is 0 Å². The quantitative estimate of drug-likeness (QED) is 0.839. The largest absolute Gasteiger partial charge is 0.376 e. The van der Waals surface area contributed by atoms with Gasteiger partial charge in [-0.1, -0.05) is 6.92 Å². The van der Waals surface area contributed by atoms with E-state index in [1.54, 1.807) is 16.2 Å². The van der Waals surface area contributed by atoms with Crippen molar-refractivity contribution in [3.63, 3.8) is 0 Å². The molecule has 1 aliphatic rings. The molecular weight excluding hydrogens is 246 g/mol. The third-order valence-corrected chi connectivity index (χ3v) is 4.54. The summed E-state index contributed by atoms with van der Waals surface area (Å²) in [7, 11) is 1.87. The van der Waals surface area contributed by atoms with Gasteiger partial charge < -0.3 is 9.64 Å². The Bertz CT molecular complexity index is 421. The van der Waals surface area contributed by atoms with Gasteiger partial charge >= 0.3 is 0 Å². The van der Waals surface area contributed by atoms with Crippen molar-refractivity contribution in [2.45, 2.75) is 39.2 Å². The van der Waals surface area contributed by atoms with Gasteiger partial charge in [0, 0.05) is 25.1 Å². The second kappa shape index (κ2) is 5.85. The van der Waals surface area contributed by atoms with E-state index >= 15 is 0 Å². The molecule has 1 aromatic heterocycles. The molecule has 2 heterocycles. The molecule has 3 nitrogen and oxygen atoms in total. The fourth-order valence-electron chi connectivity index (χ4n) is 2.34. The van der Waals surface area contributed by atoms with Crippen LogP contribution in [-0.2, 0) is 11.2 Å². The van der Waals surface area contributed by atoms with Crippen LogP contribution in [-0.4, -0.2) is 37.1 Å². The molecule has 0 aromatic carbocycles. The second-order valence-electron chi connectivity index (χ2n) is 4.87. The number of rotatable bonds is 4. The summed E-state index contributed by atoms with van der Waals surface area (Å²) in [5, 5.41) is 0. The van der Waals surface area contributed by atoms with Crippen molar-refractivity contribution in [2.24, 2.45) is 0 Å². The molecule has 1 saturated heterocycles. The summed E-state index contributed by atoms with van der Waals surface area (Å²) in [6, 6.07) is 2.04. The van der Waals surface area contributed by atoms with E-state index in [0.29, 0.717) is 6.54 Å². The zero-order valence-corrected chi connectivity index (χ0v) is 12.2. The van der Waals surface area contributed by atoms with Crippen LogP contribution in [0.25, 0.3) is 0 Å². The van der Waals surface area contributed by atoms with Crippen molar-refractivity contribution in [3.8, 4) is 0 Å². The first-order valence-electron chi connectivity index (χ1n) is 6.58. The molecule has 4 heteroatoms. The molecule has 0 bridgehead atoms. The highest BCUT2D eigenvalue weighted by molar-refractivity contribution is 7.14. The van der Waals surface area contributed by atoms with E-state index in [1.807, 2.05) is 13.1 Å². The summed E-state index contributed by atoms with van der Waals surface area (Å²) in [6.45, 7) is 5.75. The van der Waals surface area contributed by atoms with E-state index in [-0.39, 0.29) is 12.0 Å². The molecule has 1 atom stereocenters. The first-order valence-corrected chi connectivity index (χ1v) is 7.39. The molecule has 0 spiro atoms. The maximum absolute atomic E-state index is 12.3. The maximum Gasteiger partial charge on any atom is 0.263 e. The number of thiophene rings is 1. The molecule has 0 N–H and O–H groups in total. The Labute approximate surface area is 113 Å². The number of hydrogen-bond acceptors (Lipinski definition) is 3. The number of nitrogens with zero attached hydrogens (tertiary/aromatic N) is 1. The predicted molar refractivity (Wildman–Crippen MR) is 74.4 cm³/mol. The fourth-order valence-corrected chi connectivity index (χ4v) is 3.45. The summed E-state index contributed by atoms with van der Waals surface area (Å²) in [6.07, 6.45) is 3.41. The summed E-state index contributed by atoms with van der Waals surface area (Å²) in [5.41, 5.74) is 1.29. The molecule has 18 heavy (non-hydrogen) atoms. The molecule has 1 aliphatic heterocycles. The Hall–Kier alpha value is -0.870. The number of hydrogen-bond donors (Lipinski definition) is 0. The molecule has 0 aliphatic carbocycles. The standard InChI is InChI=1S/C14H21NO2S/c1-4-11-8-13(18-10(11)2)14(16)15(3)9-12-6-5-7-17-12/h8,12H,4-7,9H2,1-3H3. The van der Waals surface area contributed by atoms with E-state index in [1.165, 1.54) is 10.4 Å². The second-order valence-corrected chi connectivity index (χ2v) is 6.12. The number of likely N-dealkylation sites (N-methyl/N-ethyl adjacent to an activating group) is 1. The van der Waals surface area contributed by atoms with Gasteiger partial charge in [-0.2, -0.15) is 0 Å². The average Bonchev–Trinajstić information content (AvgIpc) is 2.97. The Morgan fingerprint density at radius 1 is 1.61 bits per heavy atom. The normalized spacial score (nSPS) is 19.2. The van der Waals surface area contributed by atoms with Crippen molar-refractivity contribution in [2.75, 3.05) is 20.2 Å². The van der Waals surface area contributed by atoms with Gasteiger partial charge in [-0.15, -0.1) is 11.3 Å². The minimum absolute atomic E-state index is 0.123. The highest BCUT2D eigenvalue weighted by atomic mass is 32.1. The highest BCUT2D eigenvalue weighted by Gasteiger charge is 2.22. The first-order chi connectivity index (χ1) is 8.61. The lowest BCUT2D eigenvalue weighted by molar-refractivity contribution is 0.0590. The average molecular weight is 267 g/mol. The molecular formula is C14H21NO2S. The van der Waals surface area contributed by atoms with Crippen LogP contribution < -0.4 is 0 Å². The third kappa shape index (κ3) is 2.93. The molecule has 1 aromatic rings. The lowest BCUT2D eigenvalue weighted by Gasteiger charge is -2.20. The van der Waals surface area contributed by atoms with Gasteiger partial charge in [-0.05, 0) is 37.8 Å². The minimum atomic E-state index is 0.123. The van der Waals surface area contributed by atoms with Gasteiger partial charge in [-0.25, -0.2) is 0 Å².